The summed E-state index contributed by atoms with van der Waals surface area (Å²) in [6.07, 6.45) is 4.79. The minimum Gasteiger partial charge on any atom is -0.333 e. The maximum absolute atomic E-state index is 12.8. The third-order valence-electron chi connectivity index (χ3n) is 4.17. The number of rotatable bonds is 2. The van der Waals surface area contributed by atoms with Crippen LogP contribution in [-0.2, 0) is 23.0 Å². The van der Waals surface area contributed by atoms with Crippen molar-refractivity contribution >= 4 is 10.0 Å². The molecule has 7 heteroatoms. The Kier molecular flexibility index (Phi) is 3.60. The van der Waals surface area contributed by atoms with E-state index in [1.165, 1.54) is 0 Å². The fourth-order valence-electron chi connectivity index (χ4n) is 2.95. The number of hydrogen-bond donors (Lipinski definition) is 1. The predicted octanol–water partition coefficient (Wildman–Crippen LogP) is 0.590. The fraction of sp³-hybridized carbons (Fsp3) is 0.769. The van der Waals surface area contributed by atoms with Crippen molar-refractivity contribution in [2.75, 3.05) is 13.1 Å². The Labute approximate surface area is 120 Å². The van der Waals surface area contributed by atoms with Crippen molar-refractivity contribution in [1.29, 1.82) is 0 Å². The van der Waals surface area contributed by atoms with Gasteiger partial charge >= 0.3 is 0 Å². The van der Waals surface area contributed by atoms with Gasteiger partial charge in [0.1, 0.15) is 5.82 Å². The molecule has 2 aliphatic rings. The molecule has 0 aromatic carbocycles. The van der Waals surface area contributed by atoms with E-state index >= 15 is 0 Å². The van der Waals surface area contributed by atoms with Gasteiger partial charge in [0.05, 0.1) is 0 Å². The molecule has 0 aliphatic carbocycles. The van der Waals surface area contributed by atoms with Gasteiger partial charge in [0, 0.05) is 44.3 Å². The van der Waals surface area contributed by atoms with Crippen LogP contribution in [0.2, 0.25) is 0 Å². The lowest BCUT2D eigenvalue weighted by atomic mass is 10.2. The minimum absolute atomic E-state index is 0.0325. The Bertz CT molecular complexity index is 572. The standard InChI is InChI=1S/C13H22N4O2S/c1-10-8-17(11(2)7-14-10)20(18,19)13-9-16-6-4-3-5-12(16)15-13/h9-11,14H,3-8H2,1-2H3. The first-order valence-electron chi connectivity index (χ1n) is 7.30. The van der Waals surface area contributed by atoms with Crippen LogP contribution in [0.1, 0.15) is 32.5 Å². The summed E-state index contributed by atoms with van der Waals surface area (Å²) in [6, 6.07) is 0.146. The Morgan fingerprint density at radius 3 is 2.90 bits per heavy atom. The van der Waals surface area contributed by atoms with Crippen molar-refractivity contribution in [2.24, 2.45) is 0 Å². The molecule has 1 aromatic heterocycles. The molecular weight excluding hydrogens is 276 g/mol. The first-order chi connectivity index (χ1) is 9.48. The molecule has 112 valence electrons. The lowest BCUT2D eigenvalue weighted by Crippen LogP contribution is -2.56. The molecule has 2 atom stereocenters. The van der Waals surface area contributed by atoms with Gasteiger partial charge in [0.2, 0.25) is 0 Å². The molecule has 2 unspecified atom stereocenters. The van der Waals surface area contributed by atoms with Crippen LogP contribution in [0.4, 0.5) is 0 Å². The van der Waals surface area contributed by atoms with Crippen molar-refractivity contribution in [1.82, 2.24) is 19.2 Å². The third kappa shape index (κ3) is 2.38. The van der Waals surface area contributed by atoms with Crippen molar-refractivity contribution in [3.05, 3.63) is 12.0 Å². The van der Waals surface area contributed by atoms with E-state index in [0.717, 1.165) is 31.6 Å². The Hall–Kier alpha value is -0.920. The van der Waals surface area contributed by atoms with Gasteiger partial charge in [0.25, 0.3) is 10.0 Å². The smallest absolute Gasteiger partial charge is 0.262 e. The van der Waals surface area contributed by atoms with E-state index in [-0.39, 0.29) is 17.1 Å². The molecule has 0 radical (unpaired) electrons. The SMILES string of the molecule is CC1CN(S(=O)(=O)c2cn3c(n2)CCCC3)C(C)CN1. The van der Waals surface area contributed by atoms with Gasteiger partial charge in [0.15, 0.2) is 5.03 Å². The number of piperazine rings is 1. The molecule has 0 amide bonds. The quantitative estimate of drug-likeness (QED) is 0.868. The first kappa shape index (κ1) is 14.0. The summed E-state index contributed by atoms with van der Waals surface area (Å²) < 4.78 is 29.1. The lowest BCUT2D eigenvalue weighted by Gasteiger charge is -2.35. The van der Waals surface area contributed by atoms with E-state index in [0.29, 0.717) is 13.1 Å². The summed E-state index contributed by atoms with van der Waals surface area (Å²) in [6.45, 7) is 6.02. The predicted molar refractivity (Wildman–Crippen MR) is 76.0 cm³/mol. The van der Waals surface area contributed by atoms with Crippen LogP contribution in [0, 0.1) is 0 Å². The molecule has 0 bridgehead atoms. The molecule has 1 fully saturated rings. The lowest BCUT2D eigenvalue weighted by molar-refractivity contribution is 0.244. The summed E-state index contributed by atoms with van der Waals surface area (Å²) in [4.78, 5) is 4.37. The highest BCUT2D eigenvalue weighted by Crippen LogP contribution is 2.22. The van der Waals surface area contributed by atoms with Gasteiger partial charge in [-0.1, -0.05) is 0 Å². The van der Waals surface area contributed by atoms with Crippen LogP contribution in [0.15, 0.2) is 11.2 Å². The van der Waals surface area contributed by atoms with Crippen LogP contribution >= 0.6 is 0 Å². The number of hydrogen-bond acceptors (Lipinski definition) is 4. The molecule has 1 N–H and O–H groups in total. The Morgan fingerprint density at radius 2 is 2.15 bits per heavy atom. The average molecular weight is 298 g/mol. The number of imidazole rings is 1. The molecule has 1 saturated heterocycles. The molecule has 3 rings (SSSR count). The zero-order chi connectivity index (χ0) is 14.3. The minimum atomic E-state index is -3.48. The van der Waals surface area contributed by atoms with E-state index in [2.05, 4.69) is 10.3 Å². The number of aromatic nitrogens is 2. The zero-order valence-corrected chi connectivity index (χ0v) is 12.9. The summed E-state index contributed by atoms with van der Waals surface area (Å²) in [5, 5.41) is 3.52. The second-order valence-corrected chi connectivity index (χ2v) is 7.72. The number of nitrogens with zero attached hydrogens (tertiary/aromatic N) is 3. The van der Waals surface area contributed by atoms with Crippen molar-refractivity contribution in [2.45, 2.75) is 56.8 Å². The van der Waals surface area contributed by atoms with E-state index in [1.54, 1.807) is 10.5 Å². The van der Waals surface area contributed by atoms with E-state index in [9.17, 15) is 8.42 Å². The number of fused-ring (bicyclic) bond motifs is 1. The van der Waals surface area contributed by atoms with Gasteiger partial charge in [-0.3, -0.25) is 0 Å². The van der Waals surface area contributed by atoms with Crippen molar-refractivity contribution in [3.63, 3.8) is 0 Å². The van der Waals surface area contributed by atoms with E-state index in [1.807, 2.05) is 18.4 Å². The molecule has 2 aliphatic heterocycles. The van der Waals surface area contributed by atoms with Crippen LogP contribution in [0.5, 0.6) is 0 Å². The number of sulfonamides is 1. The van der Waals surface area contributed by atoms with Crippen molar-refractivity contribution in [3.8, 4) is 0 Å². The normalized spacial score (nSPS) is 28.3. The first-order valence-corrected chi connectivity index (χ1v) is 8.74. The van der Waals surface area contributed by atoms with Crippen molar-refractivity contribution < 1.29 is 8.42 Å². The van der Waals surface area contributed by atoms with Gasteiger partial charge < -0.3 is 9.88 Å². The van der Waals surface area contributed by atoms with Crippen LogP contribution in [-0.4, -0.2) is 47.4 Å². The molecular formula is C13H22N4O2S. The maximum atomic E-state index is 12.8. The van der Waals surface area contributed by atoms with E-state index < -0.39 is 10.0 Å². The fourth-order valence-corrected chi connectivity index (χ4v) is 4.64. The average Bonchev–Trinajstić information content (AvgIpc) is 2.86. The van der Waals surface area contributed by atoms with E-state index in [4.69, 9.17) is 0 Å². The monoisotopic (exact) mass is 298 g/mol. The molecule has 6 nitrogen and oxygen atoms in total. The van der Waals surface area contributed by atoms with Gasteiger partial charge in [-0.25, -0.2) is 13.4 Å². The van der Waals surface area contributed by atoms with Gasteiger partial charge in [-0.2, -0.15) is 4.31 Å². The summed E-state index contributed by atoms with van der Waals surface area (Å²) in [5.74, 6) is 0.908. The second kappa shape index (κ2) is 5.13. The highest BCUT2D eigenvalue weighted by atomic mass is 32.2. The van der Waals surface area contributed by atoms with Crippen LogP contribution < -0.4 is 5.32 Å². The maximum Gasteiger partial charge on any atom is 0.262 e. The largest absolute Gasteiger partial charge is 0.333 e. The van der Waals surface area contributed by atoms with Gasteiger partial charge in [-0.15, -0.1) is 0 Å². The summed E-state index contributed by atoms with van der Waals surface area (Å²) >= 11 is 0. The second-order valence-electron chi connectivity index (χ2n) is 5.88. The topological polar surface area (TPSA) is 67.2 Å². The number of aryl methyl sites for hydroxylation is 2. The Morgan fingerprint density at radius 1 is 1.35 bits per heavy atom. The highest BCUT2D eigenvalue weighted by Gasteiger charge is 2.35. The summed E-state index contributed by atoms with van der Waals surface area (Å²) in [7, 11) is -3.48. The molecule has 0 saturated carbocycles. The zero-order valence-electron chi connectivity index (χ0n) is 12.0. The number of nitrogens with one attached hydrogen (secondary N) is 1. The van der Waals surface area contributed by atoms with Crippen LogP contribution in [0.25, 0.3) is 0 Å². The Balaban J connectivity index is 1.92. The molecule has 1 aromatic rings. The summed E-state index contributed by atoms with van der Waals surface area (Å²) in [5.41, 5.74) is 0. The van der Waals surface area contributed by atoms with Gasteiger partial charge in [-0.05, 0) is 26.7 Å². The molecule has 3 heterocycles. The van der Waals surface area contributed by atoms with Crippen LogP contribution in [0.3, 0.4) is 0 Å². The third-order valence-corrected chi connectivity index (χ3v) is 6.02. The molecule has 0 spiro atoms. The molecule has 20 heavy (non-hydrogen) atoms. The highest BCUT2D eigenvalue weighted by molar-refractivity contribution is 7.89.